The fraction of sp³-hybridized carbons (Fsp3) is 0.250. The van der Waals surface area contributed by atoms with Crippen molar-refractivity contribution in [1.29, 1.82) is 0 Å². The van der Waals surface area contributed by atoms with Crippen molar-refractivity contribution in [2.75, 3.05) is 5.32 Å². The maximum atomic E-state index is 13.4. The molecule has 2 aromatic rings. The van der Waals surface area contributed by atoms with E-state index in [0.717, 1.165) is 0 Å². The second-order valence-corrected chi connectivity index (χ2v) is 4.89. The number of carbonyl (C=O) groups is 2. The van der Waals surface area contributed by atoms with E-state index in [4.69, 9.17) is 9.15 Å². The number of benzene rings is 1. The molecule has 0 spiro atoms. The van der Waals surface area contributed by atoms with Crippen LogP contribution < -0.4 is 5.32 Å². The number of halogens is 1. The van der Waals surface area contributed by atoms with Crippen molar-refractivity contribution >= 4 is 17.6 Å². The Balaban J connectivity index is 1.98. The molecule has 1 amide bonds. The summed E-state index contributed by atoms with van der Waals surface area (Å²) in [6, 6.07) is 5.81. The number of aryl methyl sites for hydroxylation is 2. The lowest BCUT2D eigenvalue weighted by molar-refractivity contribution is -0.123. The number of furan rings is 1. The SMILES string of the molecule is Cc1ccc(NC(=O)[C@@H](C)OC(=O)c2ccoc2C)cc1F. The highest BCUT2D eigenvalue weighted by Crippen LogP contribution is 2.15. The second kappa shape index (κ2) is 6.43. The van der Waals surface area contributed by atoms with Gasteiger partial charge >= 0.3 is 5.97 Å². The van der Waals surface area contributed by atoms with Gasteiger partial charge in [-0.15, -0.1) is 0 Å². The lowest BCUT2D eigenvalue weighted by Gasteiger charge is -2.13. The van der Waals surface area contributed by atoms with Gasteiger partial charge in [-0.25, -0.2) is 9.18 Å². The van der Waals surface area contributed by atoms with Crippen LogP contribution in [0, 0.1) is 19.7 Å². The molecule has 0 aliphatic heterocycles. The molecule has 0 aliphatic carbocycles. The number of rotatable bonds is 4. The number of nitrogens with one attached hydrogen (secondary N) is 1. The van der Waals surface area contributed by atoms with E-state index >= 15 is 0 Å². The summed E-state index contributed by atoms with van der Waals surface area (Å²) in [5.74, 6) is -1.20. The molecule has 0 saturated carbocycles. The molecule has 1 heterocycles. The number of anilines is 1. The Morgan fingerprint density at radius 2 is 2.00 bits per heavy atom. The number of ether oxygens (including phenoxy) is 1. The fourth-order valence-corrected chi connectivity index (χ4v) is 1.79. The molecule has 1 aromatic carbocycles. The van der Waals surface area contributed by atoms with Crippen molar-refractivity contribution < 1.29 is 23.1 Å². The third-order valence-electron chi connectivity index (χ3n) is 3.17. The predicted octanol–water partition coefficient (Wildman–Crippen LogP) is 3.22. The first-order valence-corrected chi connectivity index (χ1v) is 6.70. The maximum Gasteiger partial charge on any atom is 0.342 e. The zero-order valence-electron chi connectivity index (χ0n) is 12.5. The molecule has 1 atom stereocenters. The second-order valence-electron chi connectivity index (χ2n) is 4.89. The van der Waals surface area contributed by atoms with E-state index in [9.17, 15) is 14.0 Å². The van der Waals surface area contributed by atoms with Crippen LogP contribution in [0.1, 0.15) is 28.6 Å². The van der Waals surface area contributed by atoms with Crippen molar-refractivity contribution in [3.63, 3.8) is 0 Å². The van der Waals surface area contributed by atoms with Crippen LogP contribution in [0.3, 0.4) is 0 Å². The van der Waals surface area contributed by atoms with Gasteiger partial charge in [-0.2, -0.15) is 0 Å². The van der Waals surface area contributed by atoms with Gasteiger partial charge in [0.15, 0.2) is 6.10 Å². The van der Waals surface area contributed by atoms with E-state index in [2.05, 4.69) is 5.32 Å². The Hall–Kier alpha value is -2.63. The van der Waals surface area contributed by atoms with Crippen LogP contribution in [0.25, 0.3) is 0 Å². The van der Waals surface area contributed by atoms with Gasteiger partial charge in [0.25, 0.3) is 5.91 Å². The van der Waals surface area contributed by atoms with E-state index in [1.165, 1.54) is 25.3 Å². The predicted molar refractivity (Wildman–Crippen MR) is 78.1 cm³/mol. The van der Waals surface area contributed by atoms with E-state index in [0.29, 0.717) is 17.0 Å². The molecule has 0 bridgehead atoms. The van der Waals surface area contributed by atoms with E-state index in [1.54, 1.807) is 26.0 Å². The topological polar surface area (TPSA) is 68.5 Å². The number of carbonyl (C=O) groups excluding carboxylic acids is 2. The van der Waals surface area contributed by atoms with Crippen molar-refractivity contribution in [3.8, 4) is 0 Å². The van der Waals surface area contributed by atoms with E-state index in [-0.39, 0.29) is 5.56 Å². The van der Waals surface area contributed by atoms with Gasteiger partial charge in [-0.05, 0) is 44.5 Å². The molecule has 5 nitrogen and oxygen atoms in total. The van der Waals surface area contributed by atoms with Crippen LogP contribution in [0.5, 0.6) is 0 Å². The summed E-state index contributed by atoms with van der Waals surface area (Å²) in [6.45, 7) is 4.68. The molecule has 1 N–H and O–H groups in total. The van der Waals surface area contributed by atoms with Gasteiger partial charge in [-0.1, -0.05) is 6.07 Å². The van der Waals surface area contributed by atoms with Gasteiger partial charge < -0.3 is 14.5 Å². The van der Waals surface area contributed by atoms with Gasteiger partial charge in [0.2, 0.25) is 0 Å². The molecule has 116 valence electrons. The van der Waals surface area contributed by atoms with E-state index in [1.807, 2.05) is 0 Å². The van der Waals surface area contributed by atoms with Crippen LogP contribution in [-0.2, 0) is 9.53 Å². The summed E-state index contributed by atoms with van der Waals surface area (Å²) in [5, 5.41) is 2.50. The van der Waals surface area contributed by atoms with Crippen LogP contribution in [-0.4, -0.2) is 18.0 Å². The van der Waals surface area contributed by atoms with Crippen molar-refractivity contribution in [1.82, 2.24) is 0 Å². The Morgan fingerprint density at radius 1 is 1.27 bits per heavy atom. The zero-order chi connectivity index (χ0) is 16.3. The van der Waals surface area contributed by atoms with E-state index < -0.39 is 23.8 Å². The minimum atomic E-state index is -1.02. The molecule has 0 unspecified atom stereocenters. The minimum Gasteiger partial charge on any atom is -0.469 e. The van der Waals surface area contributed by atoms with Crippen LogP contribution in [0.2, 0.25) is 0 Å². The summed E-state index contributed by atoms with van der Waals surface area (Å²) < 4.78 is 23.5. The molecule has 0 fully saturated rings. The third-order valence-corrected chi connectivity index (χ3v) is 3.17. The Bertz CT molecular complexity index is 708. The first kappa shape index (κ1) is 15.8. The van der Waals surface area contributed by atoms with Crippen molar-refractivity contribution in [2.45, 2.75) is 26.9 Å². The largest absolute Gasteiger partial charge is 0.469 e. The van der Waals surface area contributed by atoms with Gasteiger partial charge in [0.1, 0.15) is 17.1 Å². The lowest BCUT2D eigenvalue weighted by Crippen LogP contribution is -2.30. The lowest BCUT2D eigenvalue weighted by atomic mass is 10.2. The Kier molecular flexibility index (Phi) is 4.60. The molecule has 0 aliphatic rings. The normalized spacial score (nSPS) is 11.8. The first-order valence-electron chi connectivity index (χ1n) is 6.70. The van der Waals surface area contributed by atoms with Gasteiger partial charge in [0, 0.05) is 5.69 Å². The molecule has 0 saturated heterocycles. The van der Waals surface area contributed by atoms with Crippen LogP contribution in [0.4, 0.5) is 10.1 Å². The Morgan fingerprint density at radius 3 is 2.59 bits per heavy atom. The number of esters is 1. The zero-order valence-corrected chi connectivity index (χ0v) is 12.5. The third kappa shape index (κ3) is 3.52. The molecule has 22 heavy (non-hydrogen) atoms. The standard InChI is InChI=1S/C16H16FNO4/c1-9-4-5-12(8-14(9)17)18-15(19)11(3)22-16(20)13-6-7-21-10(13)2/h4-8,11H,1-3H3,(H,18,19)/t11-/m1/s1. The number of hydrogen-bond acceptors (Lipinski definition) is 4. The molecule has 6 heteroatoms. The van der Waals surface area contributed by atoms with Gasteiger partial charge in [-0.3, -0.25) is 4.79 Å². The summed E-state index contributed by atoms with van der Waals surface area (Å²) >= 11 is 0. The van der Waals surface area contributed by atoms with Crippen molar-refractivity contribution in [3.05, 3.63) is 53.2 Å². The summed E-state index contributed by atoms with van der Waals surface area (Å²) in [5.41, 5.74) is 1.05. The molecule has 2 rings (SSSR count). The highest BCUT2D eigenvalue weighted by atomic mass is 19.1. The molecule has 1 aromatic heterocycles. The monoisotopic (exact) mass is 305 g/mol. The van der Waals surface area contributed by atoms with Crippen LogP contribution >= 0.6 is 0 Å². The molecule has 0 radical (unpaired) electrons. The molecular formula is C16H16FNO4. The average Bonchev–Trinajstić information content (AvgIpc) is 2.89. The minimum absolute atomic E-state index is 0.265. The number of amides is 1. The highest BCUT2D eigenvalue weighted by Gasteiger charge is 2.21. The summed E-state index contributed by atoms with van der Waals surface area (Å²) in [6.07, 6.45) is 0.345. The smallest absolute Gasteiger partial charge is 0.342 e. The van der Waals surface area contributed by atoms with Crippen molar-refractivity contribution in [2.24, 2.45) is 0 Å². The van der Waals surface area contributed by atoms with Crippen LogP contribution in [0.15, 0.2) is 34.9 Å². The summed E-state index contributed by atoms with van der Waals surface area (Å²) in [4.78, 5) is 23.8. The first-order chi connectivity index (χ1) is 10.4. The summed E-state index contributed by atoms with van der Waals surface area (Å²) in [7, 11) is 0. The maximum absolute atomic E-state index is 13.4. The highest BCUT2D eigenvalue weighted by molar-refractivity contribution is 5.97. The molecular weight excluding hydrogens is 289 g/mol. The quantitative estimate of drug-likeness (QED) is 0.881. The Labute approximate surface area is 127 Å². The number of hydrogen-bond donors (Lipinski definition) is 1. The van der Waals surface area contributed by atoms with Gasteiger partial charge in [0.05, 0.1) is 6.26 Å². The fourth-order valence-electron chi connectivity index (χ4n) is 1.79. The average molecular weight is 305 g/mol.